The normalized spacial score (nSPS) is 12.3. The Morgan fingerprint density at radius 3 is 2.94 bits per heavy atom. The van der Waals surface area contributed by atoms with E-state index < -0.39 is 0 Å². The van der Waals surface area contributed by atoms with Crippen molar-refractivity contribution < 1.29 is 4.74 Å². The van der Waals surface area contributed by atoms with Crippen LogP contribution in [0.15, 0.2) is 41.1 Å². The van der Waals surface area contributed by atoms with Crippen molar-refractivity contribution in [1.29, 1.82) is 0 Å². The summed E-state index contributed by atoms with van der Waals surface area (Å²) in [6, 6.07) is 10.5. The van der Waals surface area contributed by atoms with Gasteiger partial charge < -0.3 is 4.74 Å². The van der Waals surface area contributed by atoms with Crippen molar-refractivity contribution in [3.05, 3.63) is 52.2 Å². The summed E-state index contributed by atoms with van der Waals surface area (Å²) in [5.74, 6) is 0.962. The fourth-order valence-electron chi connectivity index (χ4n) is 1.75. The first-order valence-electron chi connectivity index (χ1n) is 6.17. The predicted octanol–water partition coefficient (Wildman–Crippen LogP) is 5.22. The number of halogens is 1. The summed E-state index contributed by atoms with van der Waals surface area (Å²) < 4.78 is 5.66. The first-order chi connectivity index (χ1) is 8.79. The summed E-state index contributed by atoms with van der Waals surface area (Å²) in [6.07, 6.45) is 2.05. The Balaban J connectivity index is 2.03. The van der Waals surface area contributed by atoms with Gasteiger partial charge in [0.2, 0.25) is 0 Å². The van der Waals surface area contributed by atoms with Gasteiger partial charge in [0.1, 0.15) is 5.75 Å². The third-order valence-electron chi connectivity index (χ3n) is 2.69. The molecule has 0 aliphatic carbocycles. The van der Waals surface area contributed by atoms with Gasteiger partial charge in [0.25, 0.3) is 0 Å². The molecular formula is C15H17BrOS. The van der Waals surface area contributed by atoms with Crippen LogP contribution in [-0.4, -0.2) is 6.61 Å². The number of rotatable bonds is 6. The van der Waals surface area contributed by atoms with Gasteiger partial charge in [0.15, 0.2) is 0 Å². The highest BCUT2D eigenvalue weighted by atomic mass is 79.9. The van der Waals surface area contributed by atoms with Crippen LogP contribution in [0.4, 0.5) is 0 Å². The van der Waals surface area contributed by atoms with E-state index >= 15 is 0 Å². The van der Waals surface area contributed by atoms with Gasteiger partial charge in [-0.3, -0.25) is 0 Å². The number of thiophene rings is 1. The first-order valence-corrected chi connectivity index (χ1v) is 8.03. The van der Waals surface area contributed by atoms with Crippen molar-refractivity contribution in [2.45, 2.75) is 24.6 Å². The quantitative estimate of drug-likeness (QED) is 0.662. The Bertz CT molecular complexity index is 467. The summed E-state index contributed by atoms with van der Waals surface area (Å²) >= 11 is 5.50. The Morgan fingerprint density at radius 2 is 2.22 bits per heavy atom. The molecule has 18 heavy (non-hydrogen) atoms. The minimum atomic E-state index is 0.345. The van der Waals surface area contributed by atoms with Crippen LogP contribution in [0, 0.1) is 0 Å². The maximum absolute atomic E-state index is 5.66. The molecule has 0 aliphatic rings. The Kier molecular flexibility index (Phi) is 5.26. The first kappa shape index (κ1) is 13.6. The fraction of sp³-hybridized carbons (Fsp3) is 0.333. The lowest BCUT2D eigenvalue weighted by Gasteiger charge is -2.11. The molecule has 0 spiro atoms. The number of ether oxygens (including phenoxy) is 1. The molecule has 0 fully saturated rings. The van der Waals surface area contributed by atoms with E-state index in [2.05, 4.69) is 57.9 Å². The second-order valence-corrected chi connectivity index (χ2v) is 6.11. The standard InChI is InChI=1S/C15H17BrOS/c1-2-7-17-14-5-3-4-13(10-14)15(16)9-12-6-8-18-11-12/h3-6,8,10-11,15H,2,7,9H2,1H3. The summed E-state index contributed by atoms with van der Waals surface area (Å²) in [4.78, 5) is 0.345. The molecule has 0 amide bonds. The monoisotopic (exact) mass is 324 g/mol. The van der Waals surface area contributed by atoms with Crippen LogP contribution in [0.2, 0.25) is 0 Å². The zero-order valence-corrected chi connectivity index (χ0v) is 12.8. The third-order valence-corrected chi connectivity index (χ3v) is 4.27. The number of hydrogen-bond donors (Lipinski definition) is 0. The average molecular weight is 325 g/mol. The molecule has 3 heteroatoms. The molecule has 0 N–H and O–H groups in total. The van der Waals surface area contributed by atoms with E-state index in [4.69, 9.17) is 4.74 Å². The molecule has 1 aromatic carbocycles. The lowest BCUT2D eigenvalue weighted by molar-refractivity contribution is 0.317. The largest absolute Gasteiger partial charge is 0.494 e. The van der Waals surface area contributed by atoms with E-state index in [1.54, 1.807) is 11.3 Å². The smallest absolute Gasteiger partial charge is 0.119 e. The molecule has 1 nitrogen and oxygen atoms in total. The third kappa shape index (κ3) is 3.85. The van der Waals surface area contributed by atoms with Gasteiger partial charge in [-0.25, -0.2) is 0 Å². The second-order valence-electron chi connectivity index (χ2n) is 4.22. The highest BCUT2D eigenvalue weighted by Gasteiger charge is 2.09. The minimum absolute atomic E-state index is 0.345. The molecule has 1 aromatic heterocycles. The van der Waals surface area contributed by atoms with Crippen LogP contribution < -0.4 is 4.74 Å². The highest BCUT2D eigenvalue weighted by molar-refractivity contribution is 9.09. The van der Waals surface area contributed by atoms with Crippen LogP contribution in [0.5, 0.6) is 5.75 Å². The topological polar surface area (TPSA) is 9.23 Å². The van der Waals surface area contributed by atoms with Crippen molar-refractivity contribution in [2.24, 2.45) is 0 Å². The number of alkyl halides is 1. The van der Waals surface area contributed by atoms with Gasteiger partial charge in [0, 0.05) is 4.83 Å². The Morgan fingerprint density at radius 1 is 1.33 bits per heavy atom. The van der Waals surface area contributed by atoms with Gasteiger partial charge >= 0.3 is 0 Å². The second kappa shape index (κ2) is 6.95. The summed E-state index contributed by atoms with van der Waals surface area (Å²) in [6.45, 7) is 2.90. The summed E-state index contributed by atoms with van der Waals surface area (Å²) in [7, 11) is 0. The molecular weight excluding hydrogens is 308 g/mol. The van der Waals surface area contributed by atoms with Crippen LogP contribution in [0.3, 0.4) is 0 Å². The molecule has 0 bridgehead atoms. The van der Waals surface area contributed by atoms with Gasteiger partial charge in [-0.15, -0.1) is 0 Å². The van der Waals surface area contributed by atoms with Crippen molar-refractivity contribution in [3.63, 3.8) is 0 Å². The zero-order chi connectivity index (χ0) is 12.8. The van der Waals surface area contributed by atoms with Gasteiger partial charge in [-0.1, -0.05) is 35.0 Å². The maximum atomic E-state index is 5.66. The van der Waals surface area contributed by atoms with Crippen LogP contribution in [-0.2, 0) is 6.42 Å². The molecule has 0 saturated heterocycles. The highest BCUT2D eigenvalue weighted by Crippen LogP contribution is 2.30. The van der Waals surface area contributed by atoms with Crippen molar-refractivity contribution >= 4 is 27.3 Å². The maximum Gasteiger partial charge on any atom is 0.119 e. The van der Waals surface area contributed by atoms with E-state index in [0.717, 1.165) is 25.2 Å². The van der Waals surface area contributed by atoms with Crippen molar-refractivity contribution in [1.82, 2.24) is 0 Å². The van der Waals surface area contributed by atoms with Crippen LogP contribution >= 0.6 is 27.3 Å². The molecule has 0 aliphatic heterocycles. The minimum Gasteiger partial charge on any atom is -0.494 e. The molecule has 96 valence electrons. The van der Waals surface area contributed by atoms with E-state index in [9.17, 15) is 0 Å². The molecule has 0 saturated carbocycles. The lowest BCUT2D eigenvalue weighted by Crippen LogP contribution is -1.98. The average Bonchev–Trinajstić information content (AvgIpc) is 2.89. The number of hydrogen-bond acceptors (Lipinski definition) is 2. The molecule has 0 radical (unpaired) electrons. The van der Waals surface area contributed by atoms with Gasteiger partial charge in [-0.05, 0) is 52.9 Å². The van der Waals surface area contributed by atoms with Crippen molar-refractivity contribution in [2.75, 3.05) is 6.61 Å². The van der Waals surface area contributed by atoms with Crippen molar-refractivity contribution in [3.8, 4) is 5.75 Å². The van der Waals surface area contributed by atoms with Gasteiger partial charge in [0.05, 0.1) is 6.61 Å². The molecule has 2 aromatic rings. The molecule has 1 heterocycles. The summed E-state index contributed by atoms with van der Waals surface area (Å²) in [5.41, 5.74) is 2.65. The molecule has 2 rings (SSSR count). The Hall–Kier alpha value is -0.800. The van der Waals surface area contributed by atoms with E-state index in [1.807, 2.05) is 6.07 Å². The van der Waals surface area contributed by atoms with Crippen LogP contribution in [0.25, 0.3) is 0 Å². The zero-order valence-electron chi connectivity index (χ0n) is 10.4. The predicted molar refractivity (Wildman–Crippen MR) is 81.9 cm³/mol. The molecule has 1 unspecified atom stereocenters. The van der Waals surface area contributed by atoms with Gasteiger partial charge in [-0.2, -0.15) is 11.3 Å². The van der Waals surface area contributed by atoms with E-state index in [-0.39, 0.29) is 0 Å². The SMILES string of the molecule is CCCOc1cccc(C(Br)Cc2ccsc2)c1. The van der Waals surface area contributed by atoms with E-state index in [0.29, 0.717) is 4.83 Å². The van der Waals surface area contributed by atoms with E-state index in [1.165, 1.54) is 11.1 Å². The summed E-state index contributed by atoms with van der Waals surface area (Å²) in [5, 5.41) is 4.32. The Labute approximate surface area is 121 Å². The molecule has 1 atom stereocenters. The fourth-order valence-corrected chi connectivity index (χ4v) is 3.09. The number of benzene rings is 1. The lowest BCUT2D eigenvalue weighted by atomic mass is 10.1. The van der Waals surface area contributed by atoms with Crippen LogP contribution in [0.1, 0.15) is 29.3 Å².